The molecule has 0 aliphatic heterocycles. The molecule has 0 atom stereocenters. The largest absolute Gasteiger partial charge is 0.508 e. The fourth-order valence-electron chi connectivity index (χ4n) is 5.71. The van der Waals surface area contributed by atoms with Crippen molar-refractivity contribution in [1.29, 1.82) is 0 Å². The summed E-state index contributed by atoms with van der Waals surface area (Å²) in [4.78, 5) is 0. The number of aryl methyl sites for hydroxylation is 1. The van der Waals surface area contributed by atoms with Crippen molar-refractivity contribution >= 4 is 0 Å². The summed E-state index contributed by atoms with van der Waals surface area (Å²) in [7, 11) is 0. The van der Waals surface area contributed by atoms with E-state index in [1.54, 1.807) is 6.07 Å². The summed E-state index contributed by atoms with van der Waals surface area (Å²) in [5, 5.41) is 9.81. The standard InChI is InChI=1S/C36H66O/c1-2-3-4-5-6-7-8-9-10-11-12-13-14-15-16-17-18-19-20-21-22-23-24-25-26-27-28-29-32-35-33-30-31-34-36(35)37/h30-31,33-34,37H,2-29,32H2,1H3. The van der Waals surface area contributed by atoms with Crippen LogP contribution in [0.5, 0.6) is 5.75 Å². The maximum absolute atomic E-state index is 9.81. The normalized spacial score (nSPS) is 11.4. The second-order valence-corrected chi connectivity index (χ2v) is 11.9. The Hall–Kier alpha value is -0.980. The van der Waals surface area contributed by atoms with E-state index in [-0.39, 0.29) is 0 Å². The molecular weight excluding hydrogens is 448 g/mol. The van der Waals surface area contributed by atoms with Gasteiger partial charge < -0.3 is 5.11 Å². The fourth-order valence-corrected chi connectivity index (χ4v) is 5.71. The number of phenolic OH excluding ortho intramolecular Hbond substituents is 1. The van der Waals surface area contributed by atoms with Crippen molar-refractivity contribution in [3.05, 3.63) is 29.8 Å². The molecule has 1 N–H and O–H groups in total. The summed E-state index contributed by atoms with van der Waals surface area (Å²) in [5.74, 6) is 0.465. The second-order valence-electron chi connectivity index (χ2n) is 11.9. The van der Waals surface area contributed by atoms with Gasteiger partial charge >= 0.3 is 0 Å². The summed E-state index contributed by atoms with van der Waals surface area (Å²) in [5.41, 5.74) is 1.11. The van der Waals surface area contributed by atoms with E-state index in [4.69, 9.17) is 0 Å². The number of benzene rings is 1. The van der Waals surface area contributed by atoms with E-state index in [1.165, 1.54) is 180 Å². The Labute approximate surface area is 233 Å². The average Bonchev–Trinajstić information content (AvgIpc) is 2.91. The van der Waals surface area contributed by atoms with Crippen LogP contribution in [-0.4, -0.2) is 5.11 Å². The summed E-state index contributed by atoms with van der Waals surface area (Å²) >= 11 is 0. The Kier molecular flexibility index (Phi) is 25.8. The van der Waals surface area contributed by atoms with Gasteiger partial charge in [-0.15, -0.1) is 0 Å². The molecule has 0 aliphatic rings. The molecule has 0 aromatic heterocycles. The van der Waals surface area contributed by atoms with Crippen molar-refractivity contribution in [3.8, 4) is 5.75 Å². The molecule has 0 amide bonds. The number of aromatic hydroxyl groups is 1. The highest BCUT2D eigenvalue weighted by Gasteiger charge is 2.00. The first-order valence-electron chi connectivity index (χ1n) is 17.1. The molecule has 0 saturated heterocycles. The van der Waals surface area contributed by atoms with Crippen molar-refractivity contribution in [3.63, 3.8) is 0 Å². The van der Waals surface area contributed by atoms with Crippen LogP contribution in [0, 0.1) is 0 Å². The highest BCUT2D eigenvalue weighted by atomic mass is 16.3. The zero-order chi connectivity index (χ0) is 26.5. The molecule has 1 heteroatoms. The van der Waals surface area contributed by atoms with Crippen molar-refractivity contribution < 1.29 is 5.11 Å². The van der Waals surface area contributed by atoms with E-state index in [0.29, 0.717) is 5.75 Å². The molecule has 1 rings (SSSR count). The van der Waals surface area contributed by atoms with E-state index in [1.807, 2.05) is 12.1 Å². The number of unbranched alkanes of at least 4 members (excludes halogenated alkanes) is 27. The van der Waals surface area contributed by atoms with Crippen LogP contribution in [0.15, 0.2) is 24.3 Å². The van der Waals surface area contributed by atoms with Gasteiger partial charge in [-0.3, -0.25) is 0 Å². The van der Waals surface area contributed by atoms with Crippen LogP contribution < -0.4 is 0 Å². The van der Waals surface area contributed by atoms with Gasteiger partial charge in [0.2, 0.25) is 0 Å². The van der Waals surface area contributed by atoms with Crippen LogP contribution >= 0.6 is 0 Å². The van der Waals surface area contributed by atoms with E-state index in [0.717, 1.165) is 12.0 Å². The lowest BCUT2D eigenvalue weighted by Crippen LogP contribution is -1.87. The lowest BCUT2D eigenvalue weighted by atomic mass is 10.0. The third kappa shape index (κ3) is 23.8. The summed E-state index contributed by atoms with van der Waals surface area (Å²) in [6, 6.07) is 7.78. The molecule has 0 fully saturated rings. The van der Waals surface area contributed by atoms with Crippen molar-refractivity contribution in [1.82, 2.24) is 0 Å². The highest BCUT2D eigenvalue weighted by molar-refractivity contribution is 5.31. The van der Waals surface area contributed by atoms with Gasteiger partial charge in [-0.2, -0.15) is 0 Å². The number of hydrogen-bond acceptors (Lipinski definition) is 1. The van der Waals surface area contributed by atoms with Gasteiger partial charge in [-0.25, -0.2) is 0 Å². The molecule has 37 heavy (non-hydrogen) atoms. The van der Waals surface area contributed by atoms with Crippen LogP contribution in [0.2, 0.25) is 0 Å². The first-order chi connectivity index (χ1) is 18.3. The molecule has 216 valence electrons. The minimum Gasteiger partial charge on any atom is -0.508 e. The molecule has 1 aromatic rings. The molecule has 0 radical (unpaired) electrons. The molecule has 0 bridgehead atoms. The zero-order valence-electron chi connectivity index (χ0n) is 25.3. The Morgan fingerprint density at radius 2 is 0.649 bits per heavy atom. The molecule has 0 aliphatic carbocycles. The predicted molar refractivity (Wildman–Crippen MR) is 167 cm³/mol. The first kappa shape index (κ1) is 34.0. The third-order valence-corrected chi connectivity index (χ3v) is 8.29. The summed E-state index contributed by atoms with van der Waals surface area (Å²) in [6.45, 7) is 2.30. The monoisotopic (exact) mass is 515 g/mol. The maximum atomic E-state index is 9.81. The van der Waals surface area contributed by atoms with Gasteiger partial charge in [0.1, 0.15) is 5.75 Å². The number of phenols is 1. The Balaban J connectivity index is 1.65. The van der Waals surface area contributed by atoms with Crippen LogP contribution in [-0.2, 0) is 6.42 Å². The van der Waals surface area contributed by atoms with Crippen LogP contribution in [0.1, 0.15) is 192 Å². The minimum atomic E-state index is 0.465. The first-order valence-corrected chi connectivity index (χ1v) is 17.1. The van der Waals surface area contributed by atoms with Gasteiger partial charge in [0.25, 0.3) is 0 Å². The maximum Gasteiger partial charge on any atom is 0.118 e. The van der Waals surface area contributed by atoms with Gasteiger partial charge in [0.05, 0.1) is 0 Å². The van der Waals surface area contributed by atoms with E-state index in [9.17, 15) is 5.11 Å². The quantitative estimate of drug-likeness (QED) is 0.105. The average molecular weight is 515 g/mol. The number of rotatable bonds is 29. The highest BCUT2D eigenvalue weighted by Crippen LogP contribution is 2.19. The second kappa shape index (κ2) is 28.0. The lowest BCUT2D eigenvalue weighted by molar-refractivity contribution is 0.465. The minimum absolute atomic E-state index is 0.465. The van der Waals surface area contributed by atoms with Crippen LogP contribution in [0.3, 0.4) is 0 Å². The summed E-state index contributed by atoms with van der Waals surface area (Å²) < 4.78 is 0. The van der Waals surface area contributed by atoms with Crippen LogP contribution in [0.4, 0.5) is 0 Å². The fraction of sp³-hybridized carbons (Fsp3) is 0.833. The topological polar surface area (TPSA) is 20.2 Å². The van der Waals surface area contributed by atoms with Gasteiger partial charge in [0.15, 0.2) is 0 Å². The predicted octanol–water partition coefficient (Wildman–Crippen LogP) is 12.9. The van der Waals surface area contributed by atoms with Crippen LogP contribution in [0.25, 0.3) is 0 Å². The van der Waals surface area contributed by atoms with E-state index < -0.39 is 0 Å². The van der Waals surface area contributed by atoms with Crippen molar-refractivity contribution in [2.75, 3.05) is 0 Å². The van der Waals surface area contributed by atoms with E-state index in [2.05, 4.69) is 13.0 Å². The summed E-state index contributed by atoms with van der Waals surface area (Å²) in [6.07, 6.45) is 41.4. The SMILES string of the molecule is CCCCCCCCCCCCCCCCCCCCCCCCCCCCCCc1ccccc1O. The van der Waals surface area contributed by atoms with Crippen molar-refractivity contribution in [2.45, 2.75) is 193 Å². The van der Waals surface area contributed by atoms with E-state index >= 15 is 0 Å². The number of para-hydroxylation sites is 1. The van der Waals surface area contributed by atoms with Crippen molar-refractivity contribution in [2.24, 2.45) is 0 Å². The molecule has 0 heterocycles. The molecule has 0 spiro atoms. The Morgan fingerprint density at radius 1 is 0.378 bits per heavy atom. The molecule has 0 unspecified atom stereocenters. The molecule has 1 nitrogen and oxygen atoms in total. The Bertz CT molecular complexity index is 566. The van der Waals surface area contributed by atoms with Gasteiger partial charge in [0, 0.05) is 0 Å². The van der Waals surface area contributed by atoms with Gasteiger partial charge in [-0.05, 0) is 24.5 Å². The van der Waals surface area contributed by atoms with Gasteiger partial charge in [-0.1, -0.05) is 198 Å². The smallest absolute Gasteiger partial charge is 0.118 e. The number of hydrogen-bond donors (Lipinski definition) is 1. The lowest BCUT2D eigenvalue weighted by Gasteiger charge is -2.05. The third-order valence-electron chi connectivity index (χ3n) is 8.29. The molecule has 1 aromatic carbocycles. The molecule has 0 saturated carbocycles. The zero-order valence-corrected chi connectivity index (χ0v) is 25.3. The molecular formula is C36H66O. The Morgan fingerprint density at radius 3 is 0.946 bits per heavy atom.